The highest BCUT2D eigenvalue weighted by Gasteiger charge is 2.34. The molecule has 0 bridgehead atoms. The number of nitriles is 1. The molecule has 11 heteroatoms. The summed E-state index contributed by atoms with van der Waals surface area (Å²) < 4.78 is 16.5. The normalized spacial score (nSPS) is 17.3. The first kappa shape index (κ1) is 24.7. The lowest BCUT2D eigenvalue weighted by Crippen LogP contribution is -2.49. The Balaban J connectivity index is 1.29. The second kappa shape index (κ2) is 10.2. The molecule has 0 aliphatic carbocycles. The Labute approximate surface area is 217 Å². The lowest BCUT2D eigenvalue weighted by atomic mass is 10.0. The quantitative estimate of drug-likeness (QED) is 0.496. The van der Waals surface area contributed by atoms with E-state index in [2.05, 4.69) is 27.1 Å². The Morgan fingerprint density at radius 1 is 1.24 bits per heavy atom. The third-order valence-corrected chi connectivity index (χ3v) is 5.85. The second-order valence-electron chi connectivity index (χ2n) is 8.63. The smallest absolute Gasteiger partial charge is 0.270 e. The van der Waals surface area contributed by atoms with Crippen LogP contribution in [-0.4, -0.2) is 65.4 Å². The van der Waals surface area contributed by atoms with Crippen LogP contribution in [0.2, 0.25) is 0 Å². The number of pyridine rings is 2. The molecule has 0 spiro atoms. The summed E-state index contributed by atoms with van der Waals surface area (Å²) in [6.45, 7) is 0.214. The monoisotopic (exact) mass is 511 g/mol. The van der Waals surface area contributed by atoms with Gasteiger partial charge in [-0.05, 0) is 36.4 Å². The Bertz CT molecular complexity index is 1520. The summed E-state index contributed by atoms with van der Waals surface area (Å²) >= 11 is 0. The van der Waals surface area contributed by atoms with Gasteiger partial charge in [0.25, 0.3) is 11.8 Å². The summed E-state index contributed by atoms with van der Waals surface area (Å²) in [7, 11) is 1.58. The number of aliphatic hydroxyl groups is 1. The maximum atomic E-state index is 13.2. The molecule has 38 heavy (non-hydrogen) atoms. The average Bonchev–Trinajstić information content (AvgIpc) is 3.03. The number of hydrogen-bond donors (Lipinski definition) is 2. The fourth-order valence-electron chi connectivity index (χ4n) is 3.75. The number of hydrogen-bond acceptors (Lipinski definition) is 9. The van der Waals surface area contributed by atoms with Gasteiger partial charge in [-0.3, -0.25) is 14.6 Å². The van der Waals surface area contributed by atoms with E-state index in [4.69, 9.17) is 14.2 Å². The number of benzene rings is 1. The topological polar surface area (TPSA) is 147 Å². The van der Waals surface area contributed by atoms with Crippen LogP contribution in [0.4, 0.5) is 5.69 Å². The molecule has 1 aromatic carbocycles. The molecule has 11 nitrogen and oxygen atoms in total. The first-order valence-corrected chi connectivity index (χ1v) is 11.5. The number of amides is 2. The lowest BCUT2D eigenvalue weighted by Gasteiger charge is -2.30. The molecule has 2 aromatic heterocycles. The Morgan fingerprint density at radius 2 is 2.08 bits per heavy atom. The molecule has 3 aromatic rings. The van der Waals surface area contributed by atoms with Crippen molar-refractivity contribution in [2.45, 2.75) is 11.6 Å². The molecule has 1 fully saturated rings. The average molecular weight is 511 g/mol. The van der Waals surface area contributed by atoms with Crippen molar-refractivity contribution in [2.24, 2.45) is 0 Å². The number of fused-ring (bicyclic) bond motifs is 1. The van der Waals surface area contributed by atoms with Crippen LogP contribution in [0.25, 0.3) is 0 Å². The summed E-state index contributed by atoms with van der Waals surface area (Å²) in [5.74, 6) is 5.64. The molecular formula is C27H21N5O6. The molecule has 5 rings (SSSR count). The van der Waals surface area contributed by atoms with Gasteiger partial charge >= 0.3 is 0 Å². The van der Waals surface area contributed by atoms with Gasteiger partial charge in [-0.25, -0.2) is 4.98 Å². The minimum atomic E-state index is -1.16. The zero-order chi connectivity index (χ0) is 26.7. The third-order valence-electron chi connectivity index (χ3n) is 5.85. The zero-order valence-electron chi connectivity index (χ0n) is 20.2. The van der Waals surface area contributed by atoms with Gasteiger partial charge in [0.05, 0.1) is 18.9 Å². The van der Waals surface area contributed by atoms with E-state index in [0.29, 0.717) is 17.0 Å². The van der Waals surface area contributed by atoms with Crippen molar-refractivity contribution in [3.63, 3.8) is 0 Å². The summed E-state index contributed by atoms with van der Waals surface area (Å²) in [6.07, 6.45) is 2.86. The van der Waals surface area contributed by atoms with E-state index in [-0.39, 0.29) is 42.7 Å². The molecule has 0 saturated carbocycles. The van der Waals surface area contributed by atoms with Crippen LogP contribution in [0.15, 0.2) is 54.9 Å². The fourth-order valence-corrected chi connectivity index (χ4v) is 3.75. The van der Waals surface area contributed by atoms with E-state index in [1.807, 2.05) is 6.07 Å². The maximum absolute atomic E-state index is 13.2. The molecule has 2 N–H and O–H groups in total. The first-order valence-electron chi connectivity index (χ1n) is 11.5. The number of carbonyl (C=O) groups is 2. The second-order valence-corrected chi connectivity index (χ2v) is 8.63. The Morgan fingerprint density at radius 3 is 2.84 bits per heavy atom. The number of aromatic nitrogens is 2. The van der Waals surface area contributed by atoms with Crippen molar-refractivity contribution in [1.82, 2.24) is 15.3 Å². The van der Waals surface area contributed by atoms with Crippen LogP contribution in [-0.2, 0) is 9.53 Å². The van der Waals surface area contributed by atoms with E-state index >= 15 is 0 Å². The highest BCUT2D eigenvalue weighted by Crippen LogP contribution is 2.32. The van der Waals surface area contributed by atoms with Gasteiger partial charge in [0, 0.05) is 31.1 Å². The van der Waals surface area contributed by atoms with E-state index in [0.717, 1.165) is 0 Å². The highest BCUT2D eigenvalue weighted by atomic mass is 16.5. The van der Waals surface area contributed by atoms with Gasteiger partial charge < -0.3 is 29.5 Å². The van der Waals surface area contributed by atoms with Crippen molar-refractivity contribution >= 4 is 17.5 Å². The van der Waals surface area contributed by atoms with E-state index in [1.165, 1.54) is 29.4 Å². The summed E-state index contributed by atoms with van der Waals surface area (Å²) in [5.41, 5.74) is 0.0173. The Kier molecular flexibility index (Phi) is 6.62. The van der Waals surface area contributed by atoms with Crippen LogP contribution >= 0.6 is 0 Å². The number of nitrogens with zero attached hydrogens (tertiary/aromatic N) is 4. The largest absolute Gasteiger partial charge is 0.489 e. The summed E-state index contributed by atoms with van der Waals surface area (Å²) in [6, 6.07) is 12.2. The number of carbonyl (C=O) groups excluding carboxylic acids is 2. The van der Waals surface area contributed by atoms with Gasteiger partial charge in [-0.1, -0.05) is 11.8 Å². The van der Waals surface area contributed by atoms with Crippen LogP contribution in [0.5, 0.6) is 17.2 Å². The van der Waals surface area contributed by atoms with Crippen molar-refractivity contribution in [2.75, 3.05) is 31.8 Å². The predicted molar refractivity (Wildman–Crippen MR) is 133 cm³/mol. The molecule has 2 aliphatic rings. The minimum absolute atomic E-state index is 0.0116. The molecular weight excluding hydrogens is 490 g/mol. The van der Waals surface area contributed by atoms with Crippen molar-refractivity contribution in [3.8, 4) is 35.2 Å². The zero-order valence-corrected chi connectivity index (χ0v) is 20.2. The van der Waals surface area contributed by atoms with Crippen LogP contribution in [0.3, 0.4) is 0 Å². The van der Waals surface area contributed by atoms with Crippen LogP contribution in [0.1, 0.15) is 21.7 Å². The van der Waals surface area contributed by atoms with Crippen molar-refractivity contribution in [3.05, 3.63) is 71.8 Å². The highest BCUT2D eigenvalue weighted by molar-refractivity contribution is 6.03. The molecule has 2 aliphatic heterocycles. The van der Waals surface area contributed by atoms with Gasteiger partial charge in [0.2, 0.25) is 0 Å². The molecule has 1 saturated heterocycles. The van der Waals surface area contributed by atoms with Gasteiger partial charge in [0.1, 0.15) is 35.9 Å². The first-order chi connectivity index (χ1) is 18.3. The van der Waals surface area contributed by atoms with E-state index < -0.39 is 23.5 Å². The molecule has 1 atom stereocenters. The van der Waals surface area contributed by atoms with E-state index in [1.54, 1.807) is 37.4 Å². The number of likely N-dealkylation sites (N-methyl/N-ethyl adjacent to an activating group) is 1. The predicted octanol–water partition coefficient (Wildman–Crippen LogP) is 1.41. The molecule has 1 unspecified atom stereocenters. The standard InChI is InChI=1S/C27H21N5O6/c1-32-22-11-17(6-8-27(35)15-36-16-27)4-5-24(22)37-14-21(26(32)34)31-25(33)19-12-18(7-10-30-19)38-23-3-2-9-29-20(23)13-28/h2-5,7,9-12,21,35H,14-16H2,1H3,(H,31,33). The minimum Gasteiger partial charge on any atom is -0.489 e. The molecule has 0 radical (unpaired) electrons. The lowest BCUT2D eigenvalue weighted by molar-refractivity contribution is -0.140. The van der Waals surface area contributed by atoms with Crippen LogP contribution < -0.4 is 19.7 Å². The Hall–Kier alpha value is -4.97. The number of ether oxygens (including phenoxy) is 3. The van der Waals surface area contributed by atoms with Gasteiger partial charge in [-0.2, -0.15) is 5.26 Å². The van der Waals surface area contributed by atoms with Gasteiger partial charge in [0.15, 0.2) is 17.0 Å². The molecule has 4 heterocycles. The van der Waals surface area contributed by atoms with E-state index in [9.17, 15) is 20.0 Å². The fraction of sp³-hybridized carbons (Fsp3) is 0.222. The summed E-state index contributed by atoms with van der Waals surface area (Å²) in [5, 5.41) is 22.0. The molecule has 2 amide bonds. The number of rotatable bonds is 4. The van der Waals surface area contributed by atoms with Gasteiger partial charge in [-0.15, -0.1) is 0 Å². The summed E-state index contributed by atoms with van der Waals surface area (Å²) in [4.78, 5) is 35.6. The number of nitrogens with one attached hydrogen (secondary N) is 1. The van der Waals surface area contributed by atoms with Crippen molar-refractivity contribution in [1.29, 1.82) is 5.26 Å². The third kappa shape index (κ3) is 5.11. The molecule has 190 valence electrons. The maximum Gasteiger partial charge on any atom is 0.270 e. The number of anilines is 1. The van der Waals surface area contributed by atoms with Crippen LogP contribution in [0, 0.1) is 23.2 Å². The SMILES string of the molecule is CN1C(=O)C(NC(=O)c2cc(Oc3cccnc3C#N)ccn2)COc2ccc(C#CC3(O)COC3)cc21. The van der Waals surface area contributed by atoms with Crippen molar-refractivity contribution < 1.29 is 28.9 Å².